The normalized spacial score (nSPS) is 14.4. The van der Waals surface area contributed by atoms with Crippen LogP contribution < -0.4 is 9.64 Å². The van der Waals surface area contributed by atoms with Crippen LogP contribution in [0.15, 0.2) is 73.2 Å². The molecule has 174 valence electrons. The van der Waals surface area contributed by atoms with Gasteiger partial charge < -0.3 is 14.5 Å². The summed E-state index contributed by atoms with van der Waals surface area (Å²) in [7, 11) is 0. The molecule has 0 spiro atoms. The van der Waals surface area contributed by atoms with Crippen LogP contribution in [0.25, 0.3) is 16.9 Å². The van der Waals surface area contributed by atoms with Gasteiger partial charge in [-0.15, -0.1) is 13.2 Å². The van der Waals surface area contributed by atoms with E-state index < -0.39 is 6.36 Å². The molecule has 10 heteroatoms. The molecule has 2 aromatic heterocycles. The summed E-state index contributed by atoms with van der Waals surface area (Å²) < 4.78 is 42.9. The third-order valence-corrected chi connectivity index (χ3v) is 5.71. The number of carbonyl (C=O) groups is 1. The van der Waals surface area contributed by atoms with E-state index in [4.69, 9.17) is 0 Å². The van der Waals surface area contributed by atoms with Crippen LogP contribution in [0.3, 0.4) is 0 Å². The molecule has 1 aliphatic rings. The SMILES string of the molecule is O=C(c1cn(-c2ncccn2)c2ccccc12)N1CCN(c2ccc(OC(F)(F)F)cc2)CC1. The molecule has 0 aliphatic carbocycles. The molecule has 3 heterocycles. The fourth-order valence-corrected chi connectivity index (χ4v) is 4.13. The number of para-hydroxylation sites is 1. The van der Waals surface area contributed by atoms with Gasteiger partial charge in [0.1, 0.15) is 5.75 Å². The average molecular weight is 467 g/mol. The Bertz CT molecular complexity index is 1300. The summed E-state index contributed by atoms with van der Waals surface area (Å²) in [5.74, 6) is 0.142. The van der Waals surface area contributed by atoms with Gasteiger partial charge in [0.05, 0.1) is 11.1 Å². The van der Waals surface area contributed by atoms with Gasteiger partial charge in [-0.3, -0.25) is 9.36 Å². The number of rotatable bonds is 4. The first-order chi connectivity index (χ1) is 16.4. The molecule has 0 radical (unpaired) electrons. The Labute approximate surface area is 193 Å². The molecule has 7 nitrogen and oxygen atoms in total. The monoisotopic (exact) mass is 467 g/mol. The highest BCUT2D eigenvalue weighted by Gasteiger charge is 2.31. The van der Waals surface area contributed by atoms with Gasteiger partial charge in [0, 0.05) is 55.8 Å². The molecule has 34 heavy (non-hydrogen) atoms. The lowest BCUT2D eigenvalue weighted by Gasteiger charge is -2.36. The number of amides is 1. The smallest absolute Gasteiger partial charge is 0.406 e. The topological polar surface area (TPSA) is 63.5 Å². The first kappa shape index (κ1) is 21.7. The van der Waals surface area contributed by atoms with Gasteiger partial charge in [0.2, 0.25) is 5.95 Å². The molecule has 0 N–H and O–H groups in total. The van der Waals surface area contributed by atoms with Crippen LogP contribution in [0.1, 0.15) is 10.4 Å². The predicted molar refractivity (Wildman–Crippen MR) is 120 cm³/mol. The van der Waals surface area contributed by atoms with Crippen molar-refractivity contribution >= 4 is 22.5 Å². The van der Waals surface area contributed by atoms with Gasteiger partial charge in [0.25, 0.3) is 5.91 Å². The zero-order chi connectivity index (χ0) is 23.7. The van der Waals surface area contributed by atoms with Crippen LogP contribution in [0.2, 0.25) is 0 Å². The second kappa shape index (κ2) is 8.69. The predicted octanol–water partition coefficient (Wildman–Crippen LogP) is 4.28. The number of benzene rings is 2. The summed E-state index contributed by atoms with van der Waals surface area (Å²) in [5, 5.41) is 0.822. The maximum atomic E-state index is 13.4. The number of piperazine rings is 1. The highest BCUT2D eigenvalue weighted by Crippen LogP contribution is 2.27. The van der Waals surface area contributed by atoms with E-state index in [1.54, 1.807) is 41.7 Å². The molecule has 1 saturated heterocycles. The number of hydrogen-bond acceptors (Lipinski definition) is 5. The summed E-state index contributed by atoms with van der Waals surface area (Å²) in [5.41, 5.74) is 2.20. The number of hydrogen-bond donors (Lipinski definition) is 0. The van der Waals surface area contributed by atoms with Crippen LogP contribution in [-0.2, 0) is 0 Å². The highest BCUT2D eigenvalue weighted by molar-refractivity contribution is 6.07. The van der Waals surface area contributed by atoms with Crippen molar-refractivity contribution in [1.29, 1.82) is 0 Å². The number of alkyl halides is 3. The standard InChI is InChI=1S/C24H20F3N5O2/c25-24(26,27)34-18-8-6-17(7-9-18)30-12-14-31(15-13-30)22(33)20-16-32(23-28-10-3-11-29-23)21-5-2-1-4-19(20)21/h1-11,16H,12-15H2. The molecule has 1 fully saturated rings. The summed E-state index contributed by atoms with van der Waals surface area (Å²) in [4.78, 5) is 25.8. The van der Waals surface area contributed by atoms with Gasteiger partial charge in [-0.05, 0) is 36.4 Å². The van der Waals surface area contributed by atoms with E-state index >= 15 is 0 Å². The average Bonchev–Trinajstić information content (AvgIpc) is 3.24. The lowest BCUT2D eigenvalue weighted by molar-refractivity contribution is -0.274. The number of halogens is 3. The molecule has 2 aromatic carbocycles. The van der Waals surface area contributed by atoms with Crippen molar-refractivity contribution < 1.29 is 22.7 Å². The fraction of sp³-hybridized carbons (Fsp3) is 0.208. The Balaban J connectivity index is 1.31. The molecular formula is C24H20F3N5O2. The Kier molecular flexibility index (Phi) is 5.56. The van der Waals surface area contributed by atoms with Crippen molar-refractivity contribution in [3.05, 3.63) is 78.8 Å². The van der Waals surface area contributed by atoms with E-state index in [2.05, 4.69) is 14.7 Å². The molecule has 1 aliphatic heterocycles. The highest BCUT2D eigenvalue weighted by atomic mass is 19.4. The van der Waals surface area contributed by atoms with Crippen LogP contribution in [0.5, 0.6) is 5.75 Å². The van der Waals surface area contributed by atoms with Crippen LogP contribution in [0, 0.1) is 0 Å². The molecular weight excluding hydrogens is 447 g/mol. The van der Waals surface area contributed by atoms with Crippen molar-refractivity contribution in [2.75, 3.05) is 31.1 Å². The number of fused-ring (bicyclic) bond motifs is 1. The Hall–Kier alpha value is -4.08. The molecule has 0 bridgehead atoms. The first-order valence-corrected chi connectivity index (χ1v) is 10.7. The third-order valence-electron chi connectivity index (χ3n) is 5.71. The molecule has 5 rings (SSSR count). The molecule has 4 aromatic rings. The number of aromatic nitrogens is 3. The van der Waals surface area contributed by atoms with Gasteiger partial charge in [-0.1, -0.05) is 18.2 Å². The van der Waals surface area contributed by atoms with Crippen molar-refractivity contribution in [2.45, 2.75) is 6.36 Å². The van der Waals surface area contributed by atoms with E-state index in [0.717, 1.165) is 16.6 Å². The Morgan fingerprint density at radius 1 is 0.882 bits per heavy atom. The van der Waals surface area contributed by atoms with Gasteiger partial charge in [0.15, 0.2) is 0 Å². The van der Waals surface area contributed by atoms with E-state index in [1.165, 1.54) is 12.1 Å². The minimum absolute atomic E-state index is 0.0838. The lowest BCUT2D eigenvalue weighted by atomic mass is 10.1. The van der Waals surface area contributed by atoms with Crippen molar-refractivity contribution in [3.8, 4) is 11.7 Å². The largest absolute Gasteiger partial charge is 0.573 e. The van der Waals surface area contributed by atoms with Crippen LogP contribution in [0.4, 0.5) is 18.9 Å². The molecule has 0 saturated carbocycles. The van der Waals surface area contributed by atoms with Gasteiger partial charge in [-0.25, -0.2) is 9.97 Å². The third kappa shape index (κ3) is 4.39. The molecule has 1 amide bonds. The van der Waals surface area contributed by atoms with Crippen LogP contribution >= 0.6 is 0 Å². The quantitative estimate of drug-likeness (QED) is 0.448. The Morgan fingerprint density at radius 2 is 1.56 bits per heavy atom. The lowest BCUT2D eigenvalue weighted by Crippen LogP contribution is -2.48. The summed E-state index contributed by atoms with van der Waals surface area (Å²) in [6.07, 6.45) is 0.358. The Morgan fingerprint density at radius 3 is 2.24 bits per heavy atom. The number of anilines is 1. The zero-order valence-electron chi connectivity index (χ0n) is 17.9. The summed E-state index contributed by atoms with van der Waals surface area (Å²) in [6, 6.07) is 15.1. The summed E-state index contributed by atoms with van der Waals surface area (Å²) >= 11 is 0. The van der Waals surface area contributed by atoms with Crippen molar-refractivity contribution in [1.82, 2.24) is 19.4 Å². The molecule has 0 atom stereocenters. The number of nitrogens with zero attached hydrogens (tertiary/aromatic N) is 5. The second-order valence-electron chi connectivity index (χ2n) is 7.80. The van der Waals surface area contributed by atoms with E-state index in [9.17, 15) is 18.0 Å². The van der Waals surface area contributed by atoms with Crippen molar-refractivity contribution in [3.63, 3.8) is 0 Å². The maximum absolute atomic E-state index is 13.4. The summed E-state index contributed by atoms with van der Waals surface area (Å²) in [6.45, 7) is 2.10. The minimum Gasteiger partial charge on any atom is -0.406 e. The minimum atomic E-state index is -4.72. The zero-order valence-corrected chi connectivity index (χ0v) is 17.9. The van der Waals surface area contributed by atoms with Gasteiger partial charge in [-0.2, -0.15) is 0 Å². The van der Waals surface area contributed by atoms with E-state index in [-0.39, 0.29) is 11.7 Å². The van der Waals surface area contributed by atoms with Gasteiger partial charge >= 0.3 is 6.36 Å². The maximum Gasteiger partial charge on any atom is 0.573 e. The van der Waals surface area contributed by atoms with Crippen LogP contribution in [-0.4, -0.2) is 57.9 Å². The second-order valence-corrected chi connectivity index (χ2v) is 7.80. The fourth-order valence-electron chi connectivity index (χ4n) is 4.13. The van der Waals surface area contributed by atoms with E-state index in [1.807, 2.05) is 33.7 Å². The molecule has 0 unspecified atom stereocenters. The van der Waals surface area contributed by atoms with E-state index in [0.29, 0.717) is 37.7 Å². The first-order valence-electron chi connectivity index (χ1n) is 10.7. The number of carbonyl (C=O) groups excluding carboxylic acids is 1. The van der Waals surface area contributed by atoms with Crippen molar-refractivity contribution in [2.24, 2.45) is 0 Å². The number of ether oxygens (including phenoxy) is 1.